The number of hydrogen-bond acceptors (Lipinski definition) is 3. The van der Waals surface area contributed by atoms with Crippen LogP contribution in [0.25, 0.3) is 78.1 Å². The molecule has 0 aliphatic heterocycles. The molecule has 0 amide bonds. The molecule has 0 fully saturated rings. The average Bonchev–Trinajstić information content (AvgIpc) is 3.49. The van der Waals surface area contributed by atoms with Crippen LogP contribution in [0.1, 0.15) is 49.2 Å². The van der Waals surface area contributed by atoms with Crippen LogP contribution in [-0.2, 0) is 5.41 Å². The van der Waals surface area contributed by atoms with E-state index in [1.807, 2.05) is 36.4 Å². The molecule has 0 saturated carbocycles. The van der Waals surface area contributed by atoms with Gasteiger partial charge in [0.15, 0.2) is 17.5 Å². The van der Waals surface area contributed by atoms with Crippen molar-refractivity contribution < 1.29 is 0 Å². The van der Waals surface area contributed by atoms with E-state index in [1.165, 1.54) is 66.4 Å². The van der Waals surface area contributed by atoms with Gasteiger partial charge in [-0.1, -0.05) is 166 Å². The predicted octanol–water partition coefficient (Wildman–Crippen LogP) is 13.3. The van der Waals surface area contributed by atoms with E-state index < -0.39 is 0 Å². The molecule has 262 valence electrons. The molecule has 8 aromatic rings. The normalized spacial score (nSPS) is 14.2. The highest BCUT2D eigenvalue weighted by Gasteiger charge is 2.35. The van der Waals surface area contributed by atoms with Gasteiger partial charge in [0.05, 0.1) is 0 Å². The van der Waals surface area contributed by atoms with E-state index in [4.69, 9.17) is 15.0 Å². The first-order valence-electron chi connectivity index (χ1n) is 19.1. The van der Waals surface area contributed by atoms with Gasteiger partial charge in [0, 0.05) is 16.5 Å². The molecule has 0 bridgehead atoms. The number of aromatic nitrogens is 3. The molecular weight excluding hydrogens is 667 g/mol. The van der Waals surface area contributed by atoms with E-state index in [2.05, 4.69) is 153 Å². The lowest BCUT2D eigenvalue weighted by molar-refractivity contribution is 0.660. The van der Waals surface area contributed by atoms with Crippen molar-refractivity contribution in [3.63, 3.8) is 0 Å². The zero-order valence-electron chi connectivity index (χ0n) is 31.0. The summed E-state index contributed by atoms with van der Waals surface area (Å²) in [6.07, 6.45) is 6.21. The van der Waals surface area contributed by atoms with E-state index in [1.54, 1.807) is 0 Å². The van der Waals surface area contributed by atoms with Crippen molar-refractivity contribution in [1.29, 1.82) is 0 Å². The highest BCUT2D eigenvalue weighted by Crippen LogP contribution is 2.49. The van der Waals surface area contributed by atoms with E-state index in [9.17, 15) is 0 Å². The fourth-order valence-electron chi connectivity index (χ4n) is 8.40. The molecule has 3 nitrogen and oxygen atoms in total. The third-order valence-corrected chi connectivity index (χ3v) is 11.5. The van der Waals surface area contributed by atoms with Gasteiger partial charge in [-0.3, -0.25) is 0 Å². The molecule has 0 unspecified atom stereocenters. The van der Waals surface area contributed by atoms with Crippen LogP contribution in [0.4, 0.5) is 0 Å². The largest absolute Gasteiger partial charge is 0.209 e. The van der Waals surface area contributed by atoms with Crippen LogP contribution in [0.15, 0.2) is 176 Å². The third kappa shape index (κ3) is 5.99. The minimum absolute atomic E-state index is 0.0225. The number of benzene rings is 7. The summed E-state index contributed by atoms with van der Waals surface area (Å²) in [5.41, 5.74) is 16.1. The molecule has 1 aromatic heterocycles. The Morgan fingerprint density at radius 2 is 0.873 bits per heavy atom. The maximum absolute atomic E-state index is 4.97. The Bertz CT molecular complexity index is 2770. The smallest absolute Gasteiger partial charge is 0.164 e. The number of allylic oxidation sites excluding steroid dienone is 4. The molecule has 0 radical (unpaired) electrons. The monoisotopic (exact) mass is 705 g/mol. The minimum atomic E-state index is -0.0225. The van der Waals surface area contributed by atoms with Crippen molar-refractivity contribution in [2.75, 3.05) is 0 Å². The van der Waals surface area contributed by atoms with Crippen LogP contribution in [0.3, 0.4) is 0 Å². The van der Waals surface area contributed by atoms with Crippen LogP contribution in [0.2, 0.25) is 0 Å². The summed E-state index contributed by atoms with van der Waals surface area (Å²) < 4.78 is 0. The number of hydrogen-bond donors (Lipinski definition) is 0. The molecule has 2 aliphatic rings. The Kier molecular flexibility index (Phi) is 7.96. The first-order chi connectivity index (χ1) is 27.0. The van der Waals surface area contributed by atoms with Gasteiger partial charge >= 0.3 is 0 Å². The third-order valence-electron chi connectivity index (χ3n) is 11.5. The Morgan fingerprint density at radius 3 is 1.56 bits per heavy atom. The zero-order valence-corrected chi connectivity index (χ0v) is 31.0. The summed E-state index contributed by atoms with van der Waals surface area (Å²) in [6.45, 7) is 4.69. The number of rotatable bonds is 6. The first-order valence-corrected chi connectivity index (χ1v) is 19.1. The topological polar surface area (TPSA) is 38.7 Å². The average molecular weight is 706 g/mol. The zero-order chi connectivity index (χ0) is 36.9. The van der Waals surface area contributed by atoms with Gasteiger partial charge in [-0.05, 0) is 109 Å². The molecule has 2 aliphatic carbocycles. The summed E-state index contributed by atoms with van der Waals surface area (Å²) in [5, 5.41) is 2.48. The highest BCUT2D eigenvalue weighted by atomic mass is 15.0. The summed E-state index contributed by atoms with van der Waals surface area (Å²) >= 11 is 0. The SMILES string of the molecule is CC1(C)c2ccccc2-c2ccc(-c3cccc(-c4ccc5ccc(C6=CC=C(c7nc(-c8ccccc8)nc(-c8ccccc8)n7)CC6)cc5c4)c3)cc21. The summed E-state index contributed by atoms with van der Waals surface area (Å²) in [7, 11) is 0. The summed E-state index contributed by atoms with van der Waals surface area (Å²) in [5.74, 6) is 2.12. The lowest BCUT2D eigenvalue weighted by Gasteiger charge is -2.22. The van der Waals surface area contributed by atoms with E-state index in [0.29, 0.717) is 11.6 Å². The molecule has 55 heavy (non-hydrogen) atoms. The molecule has 3 heteroatoms. The minimum Gasteiger partial charge on any atom is -0.209 e. The van der Waals surface area contributed by atoms with Gasteiger partial charge in [-0.15, -0.1) is 0 Å². The Labute approximate surface area is 322 Å². The lowest BCUT2D eigenvalue weighted by Crippen LogP contribution is -2.14. The van der Waals surface area contributed by atoms with Crippen LogP contribution in [0, 0.1) is 0 Å². The summed E-state index contributed by atoms with van der Waals surface area (Å²) in [4.78, 5) is 14.8. The van der Waals surface area contributed by atoms with Crippen molar-refractivity contribution in [2.24, 2.45) is 0 Å². The van der Waals surface area contributed by atoms with E-state index in [-0.39, 0.29) is 5.41 Å². The maximum Gasteiger partial charge on any atom is 0.164 e. The molecule has 7 aromatic carbocycles. The fourth-order valence-corrected chi connectivity index (χ4v) is 8.40. The van der Waals surface area contributed by atoms with Gasteiger partial charge in [0.2, 0.25) is 0 Å². The Morgan fingerprint density at radius 1 is 0.364 bits per heavy atom. The van der Waals surface area contributed by atoms with E-state index in [0.717, 1.165) is 35.4 Å². The van der Waals surface area contributed by atoms with E-state index >= 15 is 0 Å². The standard InChI is InChI=1S/C52H39N3/c1-52(2)47-19-10-9-18-45(47)46-29-28-43(33-48(46)52)40-17-11-16-39(30-40)42-27-23-35-22-26-41(31-44(35)32-42)34-20-24-38(25-21-34)51-54-49(36-12-5-3-6-13-36)53-50(55-51)37-14-7-4-8-15-37/h3-20,22-24,26-33H,21,25H2,1-2H3. The van der Waals surface area contributed by atoms with Gasteiger partial charge in [0.1, 0.15) is 0 Å². The van der Waals surface area contributed by atoms with Crippen LogP contribution >= 0.6 is 0 Å². The molecular formula is C52H39N3. The van der Waals surface area contributed by atoms with Crippen molar-refractivity contribution in [1.82, 2.24) is 15.0 Å². The predicted molar refractivity (Wildman–Crippen MR) is 228 cm³/mol. The molecule has 0 spiro atoms. The fraction of sp³-hybridized carbons (Fsp3) is 0.0962. The van der Waals surface area contributed by atoms with Crippen molar-refractivity contribution in [2.45, 2.75) is 32.1 Å². The van der Waals surface area contributed by atoms with Crippen LogP contribution in [-0.4, -0.2) is 15.0 Å². The second-order valence-corrected chi connectivity index (χ2v) is 15.2. The summed E-state index contributed by atoms with van der Waals surface area (Å²) in [6, 6.07) is 58.9. The van der Waals surface area contributed by atoms with Crippen molar-refractivity contribution in [3.05, 3.63) is 198 Å². The highest BCUT2D eigenvalue weighted by molar-refractivity contribution is 5.92. The quantitative estimate of drug-likeness (QED) is 0.173. The second-order valence-electron chi connectivity index (χ2n) is 15.2. The van der Waals surface area contributed by atoms with Gasteiger partial charge in [-0.25, -0.2) is 15.0 Å². The Hall–Kier alpha value is -6.71. The number of fused-ring (bicyclic) bond motifs is 4. The molecule has 0 saturated heterocycles. The van der Waals surface area contributed by atoms with Gasteiger partial charge in [-0.2, -0.15) is 0 Å². The van der Waals surface area contributed by atoms with Crippen molar-refractivity contribution >= 4 is 21.9 Å². The van der Waals surface area contributed by atoms with Crippen LogP contribution < -0.4 is 0 Å². The maximum atomic E-state index is 4.97. The number of nitrogens with zero attached hydrogens (tertiary/aromatic N) is 3. The Balaban J connectivity index is 0.951. The molecule has 0 N–H and O–H groups in total. The molecule has 10 rings (SSSR count). The molecule has 1 heterocycles. The van der Waals surface area contributed by atoms with Crippen molar-refractivity contribution in [3.8, 4) is 56.2 Å². The first kappa shape index (κ1) is 32.9. The van der Waals surface area contributed by atoms with Gasteiger partial charge < -0.3 is 0 Å². The van der Waals surface area contributed by atoms with Gasteiger partial charge in [0.25, 0.3) is 0 Å². The second kappa shape index (κ2) is 13.3. The van der Waals surface area contributed by atoms with Crippen LogP contribution in [0.5, 0.6) is 0 Å². The molecule has 0 atom stereocenters. The lowest BCUT2D eigenvalue weighted by atomic mass is 9.81.